The van der Waals surface area contributed by atoms with Crippen LogP contribution in [0.1, 0.15) is 40.9 Å². The van der Waals surface area contributed by atoms with E-state index < -0.39 is 6.04 Å². The minimum Gasteiger partial charge on any atom is -0.326 e. The van der Waals surface area contributed by atoms with E-state index in [0.717, 1.165) is 11.1 Å². The largest absolute Gasteiger partial charge is 0.326 e. The summed E-state index contributed by atoms with van der Waals surface area (Å²) in [6, 6.07) is 17.4. The molecule has 2 heterocycles. The van der Waals surface area contributed by atoms with Crippen LogP contribution in [0, 0.1) is 0 Å². The summed E-state index contributed by atoms with van der Waals surface area (Å²) in [5.74, 6) is -0.678. The van der Waals surface area contributed by atoms with E-state index >= 15 is 0 Å². The van der Waals surface area contributed by atoms with Gasteiger partial charge in [0, 0.05) is 42.5 Å². The zero-order valence-corrected chi connectivity index (χ0v) is 17.5. The van der Waals surface area contributed by atoms with Gasteiger partial charge in [-0.2, -0.15) is 0 Å². The van der Waals surface area contributed by atoms with Gasteiger partial charge in [0.25, 0.3) is 5.91 Å². The van der Waals surface area contributed by atoms with Gasteiger partial charge in [-0.1, -0.05) is 30.3 Å². The lowest BCUT2D eigenvalue weighted by molar-refractivity contribution is -0.129. The van der Waals surface area contributed by atoms with E-state index in [4.69, 9.17) is 0 Å². The van der Waals surface area contributed by atoms with E-state index in [2.05, 4.69) is 15.6 Å². The lowest BCUT2D eigenvalue weighted by Gasteiger charge is -2.32. The van der Waals surface area contributed by atoms with Gasteiger partial charge in [-0.05, 0) is 47.5 Å². The molecule has 2 N–H and O–H groups in total. The van der Waals surface area contributed by atoms with E-state index in [0.29, 0.717) is 16.9 Å². The van der Waals surface area contributed by atoms with Gasteiger partial charge in [-0.3, -0.25) is 19.4 Å². The summed E-state index contributed by atoms with van der Waals surface area (Å²) < 4.78 is 0. The zero-order valence-electron chi connectivity index (χ0n) is 17.5. The summed E-state index contributed by atoms with van der Waals surface area (Å²) in [4.78, 5) is 43.0. The molecule has 1 aliphatic rings. The van der Waals surface area contributed by atoms with E-state index in [1.807, 2.05) is 30.3 Å². The summed E-state index contributed by atoms with van der Waals surface area (Å²) in [7, 11) is 0. The Labute approximate surface area is 185 Å². The van der Waals surface area contributed by atoms with Crippen molar-refractivity contribution in [2.24, 2.45) is 0 Å². The Morgan fingerprint density at radius 3 is 2.50 bits per heavy atom. The van der Waals surface area contributed by atoms with Gasteiger partial charge in [0.1, 0.15) is 0 Å². The Balaban J connectivity index is 1.47. The Morgan fingerprint density at radius 1 is 0.938 bits per heavy atom. The summed E-state index contributed by atoms with van der Waals surface area (Å²) in [5, 5.41) is 5.64. The first-order valence-corrected chi connectivity index (χ1v) is 10.2. The van der Waals surface area contributed by atoms with Gasteiger partial charge in [0.15, 0.2) is 0 Å². The lowest BCUT2D eigenvalue weighted by atomic mass is 9.93. The number of rotatable bonds is 5. The van der Waals surface area contributed by atoms with Crippen molar-refractivity contribution >= 4 is 35.2 Å². The van der Waals surface area contributed by atoms with Gasteiger partial charge in [-0.25, -0.2) is 0 Å². The number of fused-ring (bicyclic) bond motifs is 1. The van der Waals surface area contributed by atoms with Gasteiger partial charge in [-0.15, -0.1) is 0 Å². The van der Waals surface area contributed by atoms with Crippen LogP contribution in [0.4, 0.5) is 11.4 Å². The number of anilines is 2. The Kier molecular flexibility index (Phi) is 6.07. The van der Waals surface area contributed by atoms with Crippen molar-refractivity contribution < 1.29 is 14.4 Å². The molecular formula is C25H22N4O3. The molecule has 2 aromatic carbocycles. The van der Waals surface area contributed by atoms with Crippen LogP contribution in [0.25, 0.3) is 6.08 Å². The predicted molar refractivity (Wildman–Crippen MR) is 123 cm³/mol. The van der Waals surface area contributed by atoms with E-state index in [-0.39, 0.29) is 24.1 Å². The molecule has 0 saturated heterocycles. The fourth-order valence-corrected chi connectivity index (χ4v) is 3.68. The monoisotopic (exact) mass is 426 g/mol. The lowest BCUT2D eigenvalue weighted by Crippen LogP contribution is -2.33. The summed E-state index contributed by atoms with van der Waals surface area (Å²) in [6.45, 7) is 1.48. The van der Waals surface area contributed by atoms with Gasteiger partial charge in [0.2, 0.25) is 11.8 Å². The highest BCUT2D eigenvalue weighted by molar-refractivity contribution is 6.05. The van der Waals surface area contributed by atoms with Crippen molar-refractivity contribution in [1.82, 2.24) is 9.88 Å². The maximum absolute atomic E-state index is 12.9. The second-order valence-corrected chi connectivity index (χ2v) is 7.41. The van der Waals surface area contributed by atoms with Crippen molar-refractivity contribution in [2.75, 3.05) is 10.6 Å². The smallest absolute Gasteiger partial charge is 0.255 e. The van der Waals surface area contributed by atoms with Gasteiger partial charge >= 0.3 is 0 Å². The first-order valence-electron chi connectivity index (χ1n) is 10.2. The summed E-state index contributed by atoms with van der Waals surface area (Å²) in [5.41, 5.74) is 3.46. The third-order valence-electron chi connectivity index (χ3n) is 5.19. The van der Waals surface area contributed by atoms with Crippen molar-refractivity contribution in [3.8, 4) is 0 Å². The molecule has 1 unspecified atom stereocenters. The Hall–Kier alpha value is -4.26. The standard InChI is InChI=1S/C25H22N4O3/c1-17(30)29-14-11-18-5-2-3-8-22(18)23(29)16-24(31)27-21-7-4-6-19(15-21)25(32)28-20-9-12-26-13-10-20/h2-15,23H,16H2,1H3,(H,27,31)(H,26,28,32). The molecule has 0 aliphatic carbocycles. The molecular weight excluding hydrogens is 404 g/mol. The highest BCUT2D eigenvalue weighted by atomic mass is 16.2. The average molecular weight is 426 g/mol. The fraction of sp³-hybridized carbons (Fsp3) is 0.120. The van der Waals surface area contributed by atoms with Crippen LogP contribution in [-0.2, 0) is 9.59 Å². The van der Waals surface area contributed by atoms with Crippen LogP contribution in [0.5, 0.6) is 0 Å². The number of aromatic nitrogens is 1. The van der Waals surface area contributed by atoms with Crippen LogP contribution in [0.15, 0.2) is 79.3 Å². The molecule has 1 aliphatic heterocycles. The molecule has 32 heavy (non-hydrogen) atoms. The summed E-state index contributed by atoms with van der Waals surface area (Å²) >= 11 is 0. The van der Waals surface area contributed by atoms with Crippen LogP contribution in [-0.4, -0.2) is 27.6 Å². The minimum absolute atomic E-state index is 0.0916. The number of amides is 3. The SMILES string of the molecule is CC(=O)N1C=Cc2ccccc2C1CC(=O)Nc1cccc(C(=O)Nc2ccncc2)c1. The first-order chi connectivity index (χ1) is 15.5. The molecule has 0 spiro atoms. The number of pyridine rings is 1. The molecule has 0 saturated carbocycles. The molecule has 160 valence electrons. The molecule has 3 amide bonds. The normalized spacial score (nSPS) is 14.4. The first kappa shape index (κ1) is 21.0. The van der Waals surface area contributed by atoms with Crippen molar-refractivity contribution in [3.63, 3.8) is 0 Å². The topological polar surface area (TPSA) is 91.4 Å². The van der Waals surface area contributed by atoms with Crippen LogP contribution in [0.3, 0.4) is 0 Å². The molecule has 1 atom stereocenters. The molecule has 0 radical (unpaired) electrons. The highest BCUT2D eigenvalue weighted by Gasteiger charge is 2.28. The number of nitrogens with zero attached hydrogens (tertiary/aromatic N) is 2. The predicted octanol–water partition coefficient (Wildman–Crippen LogP) is 4.24. The molecule has 7 nitrogen and oxygen atoms in total. The average Bonchev–Trinajstić information content (AvgIpc) is 2.80. The van der Waals surface area contributed by atoms with E-state index in [9.17, 15) is 14.4 Å². The Morgan fingerprint density at radius 2 is 1.72 bits per heavy atom. The van der Waals surface area contributed by atoms with Gasteiger partial charge < -0.3 is 15.5 Å². The molecule has 0 bridgehead atoms. The van der Waals surface area contributed by atoms with Crippen LogP contribution in [0.2, 0.25) is 0 Å². The number of hydrogen-bond acceptors (Lipinski definition) is 4. The van der Waals surface area contributed by atoms with Crippen molar-refractivity contribution in [3.05, 3.63) is 95.9 Å². The Bertz CT molecular complexity index is 1190. The minimum atomic E-state index is -0.396. The molecule has 1 aromatic heterocycles. The number of carbonyl (C=O) groups excluding carboxylic acids is 3. The molecule has 4 rings (SSSR count). The molecule has 7 heteroatoms. The third kappa shape index (κ3) is 4.73. The second-order valence-electron chi connectivity index (χ2n) is 7.41. The number of nitrogens with one attached hydrogen (secondary N) is 2. The molecule has 3 aromatic rings. The highest BCUT2D eigenvalue weighted by Crippen LogP contribution is 2.33. The third-order valence-corrected chi connectivity index (χ3v) is 5.19. The second kappa shape index (κ2) is 9.26. The van der Waals surface area contributed by atoms with Crippen molar-refractivity contribution in [2.45, 2.75) is 19.4 Å². The number of carbonyl (C=O) groups is 3. The summed E-state index contributed by atoms with van der Waals surface area (Å²) in [6.07, 6.45) is 6.86. The number of benzene rings is 2. The quantitative estimate of drug-likeness (QED) is 0.639. The number of hydrogen-bond donors (Lipinski definition) is 2. The van der Waals surface area contributed by atoms with Gasteiger partial charge in [0.05, 0.1) is 12.5 Å². The maximum Gasteiger partial charge on any atom is 0.255 e. The van der Waals surface area contributed by atoms with E-state index in [1.165, 1.54) is 6.92 Å². The van der Waals surface area contributed by atoms with Crippen LogP contribution >= 0.6 is 0 Å². The molecule has 0 fully saturated rings. The zero-order chi connectivity index (χ0) is 22.5. The van der Waals surface area contributed by atoms with Crippen LogP contribution < -0.4 is 10.6 Å². The fourth-order valence-electron chi connectivity index (χ4n) is 3.68. The van der Waals surface area contributed by atoms with Crippen molar-refractivity contribution in [1.29, 1.82) is 0 Å². The van der Waals surface area contributed by atoms with E-state index in [1.54, 1.807) is 59.9 Å². The maximum atomic E-state index is 12.9.